The van der Waals surface area contributed by atoms with Crippen molar-refractivity contribution in [2.24, 2.45) is 5.41 Å². The molecule has 0 spiro atoms. The fraction of sp³-hybridized carbons (Fsp3) is 0.538. The van der Waals surface area contributed by atoms with Crippen molar-refractivity contribution in [3.8, 4) is 0 Å². The van der Waals surface area contributed by atoms with Crippen LogP contribution in [-0.4, -0.2) is 24.8 Å². The van der Waals surface area contributed by atoms with Gasteiger partial charge in [0.05, 0.1) is 0 Å². The molecule has 0 bridgehead atoms. The van der Waals surface area contributed by atoms with Crippen LogP contribution in [-0.2, 0) is 6.42 Å². The van der Waals surface area contributed by atoms with Gasteiger partial charge in [0.1, 0.15) is 5.82 Å². The van der Waals surface area contributed by atoms with Crippen molar-refractivity contribution < 1.29 is 9.50 Å². The summed E-state index contributed by atoms with van der Waals surface area (Å²) in [5.41, 5.74) is 0.888. The molecule has 0 atom stereocenters. The molecule has 0 saturated heterocycles. The van der Waals surface area contributed by atoms with Gasteiger partial charge in [0.2, 0.25) is 0 Å². The number of nitrogens with one attached hydrogen (secondary N) is 1. The lowest BCUT2D eigenvalue weighted by atomic mass is 10.1. The third-order valence-corrected chi connectivity index (χ3v) is 3.32. The van der Waals surface area contributed by atoms with Crippen molar-refractivity contribution in [3.05, 3.63) is 35.6 Å². The molecule has 3 heteroatoms. The zero-order valence-corrected chi connectivity index (χ0v) is 9.38. The van der Waals surface area contributed by atoms with Gasteiger partial charge in [0.25, 0.3) is 0 Å². The largest absolute Gasteiger partial charge is 0.396 e. The van der Waals surface area contributed by atoms with Crippen molar-refractivity contribution in [2.75, 3.05) is 19.7 Å². The van der Waals surface area contributed by atoms with E-state index < -0.39 is 0 Å². The zero-order chi connectivity index (χ0) is 11.4. The summed E-state index contributed by atoms with van der Waals surface area (Å²) in [4.78, 5) is 0. The topological polar surface area (TPSA) is 32.3 Å². The molecule has 0 unspecified atom stereocenters. The van der Waals surface area contributed by atoms with Gasteiger partial charge in [-0.25, -0.2) is 4.39 Å². The minimum Gasteiger partial charge on any atom is -0.396 e. The Kier molecular flexibility index (Phi) is 3.56. The highest BCUT2D eigenvalue weighted by Crippen LogP contribution is 2.44. The fourth-order valence-electron chi connectivity index (χ4n) is 1.85. The minimum absolute atomic E-state index is 0.132. The lowest BCUT2D eigenvalue weighted by Crippen LogP contribution is -2.28. The second kappa shape index (κ2) is 4.93. The summed E-state index contributed by atoms with van der Waals surface area (Å²) < 4.78 is 13.3. The Bertz CT molecular complexity index is 350. The van der Waals surface area contributed by atoms with Crippen LogP contribution in [0.4, 0.5) is 4.39 Å². The number of hydrogen-bond donors (Lipinski definition) is 2. The highest BCUT2D eigenvalue weighted by Gasteiger charge is 2.41. The van der Waals surface area contributed by atoms with Crippen molar-refractivity contribution in [3.63, 3.8) is 0 Å². The van der Waals surface area contributed by atoms with E-state index in [-0.39, 0.29) is 17.8 Å². The van der Waals surface area contributed by atoms with E-state index in [1.807, 2.05) is 12.1 Å². The van der Waals surface area contributed by atoms with Crippen LogP contribution in [0.5, 0.6) is 0 Å². The van der Waals surface area contributed by atoms with Gasteiger partial charge in [-0.3, -0.25) is 0 Å². The normalized spacial score (nSPS) is 17.4. The summed E-state index contributed by atoms with van der Waals surface area (Å²) in [6, 6.07) is 6.87. The number of hydrogen-bond acceptors (Lipinski definition) is 2. The number of aliphatic hydroxyl groups excluding tert-OH is 1. The smallest absolute Gasteiger partial charge is 0.126 e. The number of benzene rings is 1. The van der Waals surface area contributed by atoms with Crippen LogP contribution < -0.4 is 5.32 Å². The van der Waals surface area contributed by atoms with Gasteiger partial charge in [-0.1, -0.05) is 18.2 Å². The highest BCUT2D eigenvalue weighted by atomic mass is 19.1. The van der Waals surface area contributed by atoms with E-state index in [9.17, 15) is 4.39 Å². The standard InChI is InChI=1S/C13H18FNO/c14-12-4-2-1-3-11(12)5-8-15-9-13(10-16)6-7-13/h1-4,15-16H,5-10H2. The number of rotatable bonds is 6. The van der Waals surface area contributed by atoms with Gasteiger partial charge >= 0.3 is 0 Å². The van der Waals surface area contributed by atoms with Gasteiger partial charge in [-0.15, -0.1) is 0 Å². The van der Waals surface area contributed by atoms with E-state index >= 15 is 0 Å². The van der Waals surface area contributed by atoms with Crippen LogP contribution in [0.15, 0.2) is 24.3 Å². The second-order valence-electron chi connectivity index (χ2n) is 4.68. The van der Waals surface area contributed by atoms with Gasteiger partial charge in [0, 0.05) is 18.6 Å². The van der Waals surface area contributed by atoms with E-state index in [2.05, 4.69) is 5.32 Å². The van der Waals surface area contributed by atoms with Crippen LogP contribution in [0.1, 0.15) is 18.4 Å². The van der Waals surface area contributed by atoms with Gasteiger partial charge in [-0.2, -0.15) is 0 Å². The first-order valence-corrected chi connectivity index (χ1v) is 5.81. The molecule has 1 aromatic rings. The van der Waals surface area contributed by atoms with Crippen molar-refractivity contribution in [2.45, 2.75) is 19.3 Å². The molecule has 2 nitrogen and oxygen atoms in total. The average Bonchev–Trinajstić information content (AvgIpc) is 3.07. The van der Waals surface area contributed by atoms with Crippen molar-refractivity contribution >= 4 is 0 Å². The van der Waals surface area contributed by atoms with E-state index in [4.69, 9.17) is 5.11 Å². The second-order valence-corrected chi connectivity index (χ2v) is 4.68. The highest BCUT2D eigenvalue weighted by molar-refractivity contribution is 5.17. The summed E-state index contributed by atoms with van der Waals surface area (Å²) in [6.07, 6.45) is 2.92. The first-order valence-electron chi connectivity index (χ1n) is 5.81. The van der Waals surface area contributed by atoms with E-state index in [0.29, 0.717) is 6.42 Å². The molecule has 1 aromatic carbocycles. The SMILES string of the molecule is OCC1(CNCCc2ccccc2F)CC1. The fourth-order valence-corrected chi connectivity index (χ4v) is 1.85. The molecule has 2 N–H and O–H groups in total. The zero-order valence-electron chi connectivity index (χ0n) is 9.38. The molecule has 0 aliphatic heterocycles. The van der Waals surface area contributed by atoms with Gasteiger partial charge in [0.15, 0.2) is 0 Å². The minimum atomic E-state index is -0.132. The van der Waals surface area contributed by atoms with Crippen molar-refractivity contribution in [1.29, 1.82) is 0 Å². The Morgan fingerprint density at radius 2 is 2.06 bits per heavy atom. The third-order valence-electron chi connectivity index (χ3n) is 3.32. The lowest BCUT2D eigenvalue weighted by molar-refractivity contribution is 0.208. The van der Waals surface area contributed by atoms with Crippen LogP contribution in [0, 0.1) is 11.2 Å². The summed E-state index contributed by atoms with van der Waals surface area (Å²) in [5.74, 6) is -0.132. The Balaban J connectivity index is 1.70. The Morgan fingerprint density at radius 3 is 2.69 bits per heavy atom. The predicted octanol–water partition coefficient (Wildman–Crippen LogP) is 1.73. The third kappa shape index (κ3) is 2.80. The summed E-state index contributed by atoms with van der Waals surface area (Å²) in [5, 5.41) is 12.4. The first-order chi connectivity index (χ1) is 7.76. The maximum atomic E-state index is 13.3. The molecule has 2 rings (SSSR count). The van der Waals surface area contributed by atoms with Crippen molar-refractivity contribution in [1.82, 2.24) is 5.32 Å². The van der Waals surface area contributed by atoms with Crippen LogP contribution in [0.25, 0.3) is 0 Å². The molecule has 0 aromatic heterocycles. The predicted molar refractivity (Wildman–Crippen MR) is 61.7 cm³/mol. The van der Waals surface area contributed by atoms with Gasteiger partial charge < -0.3 is 10.4 Å². The molecule has 1 saturated carbocycles. The summed E-state index contributed by atoms with van der Waals surface area (Å²) in [7, 11) is 0. The average molecular weight is 223 g/mol. The maximum absolute atomic E-state index is 13.3. The Labute approximate surface area is 95.5 Å². The van der Waals surface area contributed by atoms with Crippen LogP contribution >= 0.6 is 0 Å². The molecule has 16 heavy (non-hydrogen) atoms. The van der Waals surface area contributed by atoms with E-state index in [1.165, 1.54) is 6.07 Å². The lowest BCUT2D eigenvalue weighted by Gasteiger charge is -2.12. The molecule has 1 aliphatic rings. The molecular formula is C13H18FNO. The number of halogens is 1. The summed E-state index contributed by atoms with van der Waals surface area (Å²) in [6.45, 7) is 1.88. The molecule has 88 valence electrons. The Hall–Kier alpha value is -0.930. The van der Waals surface area contributed by atoms with E-state index in [1.54, 1.807) is 6.07 Å². The molecule has 0 radical (unpaired) electrons. The molecule has 1 fully saturated rings. The molecule has 1 aliphatic carbocycles. The molecule has 0 amide bonds. The van der Waals surface area contributed by atoms with Crippen LogP contribution in [0.3, 0.4) is 0 Å². The van der Waals surface area contributed by atoms with Crippen LogP contribution in [0.2, 0.25) is 0 Å². The summed E-state index contributed by atoms with van der Waals surface area (Å²) >= 11 is 0. The monoisotopic (exact) mass is 223 g/mol. The quantitative estimate of drug-likeness (QED) is 0.720. The Morgan fingerprint density at radius 1 is 1.31 bits per heavy atom. The van der Waals surface area contributed by atoms with E-state index in [0.717, 1.165) is 31.5 Å². The number of aliphatic hydroxyl groups is 1. The first kappa shape index (κ1) is 11.6. The van der Waals surface area contributed by atoms with Gasteiger partial charge in [-0.05, 0) is 37.4 Å². The maximum Gasteiger partial charge on any atom is 0.126 e. The molecule has 0 heterocycles. The molecular weight excluding hydrogens is 205 g/mol.